The molecule has 0 saturated heterocycles. The van der Waals surface area contributed by atoms with Crippen LogP contribution in [-0.2, 0) is 6.54 Å². The van der Waals surface area contributed by atoms with E-state index in [2.05, 4.69) is 5.32 Å². The first kappa shape index (κ1) is 14.8. The summed E-state index contributed by atoms with van der Waals surface area (Å²) in [5.41, 5.74) is 0.233. The van der Waals surface area contributed by atoms with Crippen LogP contribution in [-0.4, -0.2) is 43.2 Å². The van der Waals surface area contributed by atoms with Crippen molar-refractivity contribution >= 4 is 0 Å². The molecule has 5 nitrogen and oxygen atoms in total. The Bertz CT molecular complexity index is 377. The number of aliphatic hydroxyl groups is 2. The van der Waals surface area contributed by atoms with E-state index >= 15 is 0 Å². The van der Waals surface area contributed by atoms with Gasteiger partial charge in [-0.15, -0.1) is 0 Å². The summed E-state index contributed by atoms with van der Waals surface area (Å²) in [6, 6.07) is 5.53. The molecule has 3 N–H and O–H groups in total. The normalized spacial score (nSPS) is 11.4. The van der Waals surface area contributed by atoms with Crippen LogP contribution in [0.25, 0.3) is 0 Å². The van der Waals surface area contributed by atoms with Crippen molar-refractivity contribution in [2.45, 2.75) is 19.0 Å². The molecule has 18 heavy (non-hydrogen) atoms. The zero-order valence-electron chi connectivity index (χ0n) is 11.1. The molecule has 0 aliphatic carbocycles. The van der Waals surface area contributed by atoms with Crippen molar-refractivity contribution < 1.29 is 19.7 Å². The van der Waals surface area contributed by atoms with E-state index in [0.717, 1.165) is 11.3 Å². The SMILES string of the molecule is COc1ccc(CNC(C)(CO)CO)c(OC)c1. The smallest absolute Gasteiger partial charge is 0.127 e. The van der Waals surface area contributed by atoms with Crippen molar-refractivity contribution in [2.75, 3.05) is 27.4 Å². The Labute approximate surface area is 107 Å². The molecule has 0 saturated carbocycles. The molecular weight excluding hydrogens is 234 g/mol. The standard InChI is InChI=1S/C13H21NO4/c1-13(8-15,9-16)14-7-10-4-5-11(17-2)6-12(10)18-3/h4-6,14-16H,7-9H2,1-3H3. The Hall–Kier alpha value is -1.30. The average Bonchev–Trinajstić information content (AvgIpc) is 2.44. The number of nitrogens with one attached hydrogen (secondary N) is 1. The van der Waals surface area contributed by atoms with E-state index in [9.17, 15) is 10.2 Å². The first-order valence-electron chi connectivity index (χ1n) is 5.76. The van der Waals surface area contributed by atoms with Crippen molar-refractivity contribution in [3.8, 4) is 11.5 Å². The molecule has 0 amide bonds. The molecule has 0 aliphatic rings. The summed E-state index contributed by atoms with van der Waals surface area (Å²) >= 11 is 0. The highest BCUT2D eigenvalue weighted by Gasteiger charge is 2.21. The number of aliphatic hydroxyl groups excluding tert-OH is 2. The summed E-state index contributed by atoms with van der Waals surface area (Å²) in [6.45, 7) is 1.97. The van der Waals surface area contributed by atoms with Gasteiger partial charge in [-0.2, -0.15) is 0 Å². The Morgan fingerprint density at radius 3 is 2.33 bits per heavy atom. The molecule has 0 unspecified atom stereocenters. The summed E-state index contributed by atoms with van der Waals surface area (Å²) < 4.78 is 10.4. The monoisotopic (exact) mass is 255 g/mol. The van der Waals surface area contributed by atoms with E-state index in [1.54, 1.807) is 27.2 Å². The summed E-state index contributed by atoms with van der Waals surface area (Å²) in [6.07, 6.45) is 0. The van der Waals surface area contributed by atoms with Crippen LogP contribution < -0.4 is 14.8 Å². The summed E-state index contributed by atoms with van der Waals surface area (Å²) in [4.78, 5) is 0. The second-order valence-corrected chi connectivity index (χ2v) is 4.41. The summed E-state index contributed by atoms with van der Waals surface area (Å²) in [5.74, 6) is 1.43. The maximum Gasteiger partial charge on any atom is 0.127 e. The van der Waals surface area contributed by atoms with Crippen molar-refractivity contribution in [1.29, 1.82) is 0 Å². The molecule has 0 atom stereocenters. The van der Waals surface area contributed by atoms with Crippen molar-refractivity contribution in [3.05, 3.63) is 23.8 Å². The molecule has 5 heteroatoms. The number of benzene rings is 1. The fourth-order valence-corrected chi connectivity index (χ4v) is 1.47. The average molecular weight is 255 g/mol. The van der Waals surface area contributed by atoms with Gasteiger partial charge in [0.1, 0.15) is 11.5 Å². The molecule has 1 rings (SSSR count). The molecule has 0 aliphatic heterocycles. The first-order chi connectivity index (χ1) is 8.58. The molecule has 0 aromatic heterocycles. The molecule has 102 valence electrons. The van der Waals surface area contributed by atoms with Crippen LogP contribution in [0.2, 0.25) is 0 Å². The number of rotatable bonds is 7. The zero-order chi connectivity index (χ0) is 13.6. The third-order valence-corrected chi connectivity index (χ3v) is 2.90. The van der Waals surface area contributed by atoms with Gasteiger partial charge in [0.15, 0.2) is 0 Å². The lowest BCUT2D eigenvalue weighted by molar-refractivity contribution is 0.103. The number of methoxy groups -OCH3 is 2. The highest BCUT2D eigenvalue weighted by molar-refractivity contribution is 5.40. The van der Waals surface area contributed by atoms with Crippen molar-refractivity contribution in [1.82, 2.24) is 5.32 Å². The fourth-order valence-electron chi connectivity index (χ4n) is 1.47. The van der Waals surface area contributed by atoms with Gasteiger partial charge in [-0.3, -0.25) is 0 Å². The van der Waals surface area contributed by atoms with Gasteiger partial charge >= 0.3 is 0 Å². The third kappa shape index (κ3) is 3.60. The Balaban J connectivity index is 2.78. The van der Waals surface area contributed by atoms with Gasteiger partial charge < -0.3 is 25.0 Å². The second-order valence-electron chi connectivity index (χ2n) is 4.41. The Morgan fingerprint density at radius 1 is 1.17 bits per heavy atom. The fraction of sp³-hybridized carbons (Fsp3) is 0.538. The minimum Gasteiger partial charge on any atom is -0.497 e. The lowest BCUT2D eigenvalue weighted by Crippen LogP contribution is -2.48. The summed E-state index contributed by atoms with van der Waals surface area (Å²) in [5, 5.41) is 21.5. The van der Waals surface area contributed by atoms with Gasteiger partial charge in [0.25, 0.3) is 0 Å². The minimum atomic E-state index is -0.703. The molecule has 0 radical (unpaired) electrons. The quantitative estimate of drug-likeness (QED) is 0.663. The van der Waals surface area contributed by atoms with Crippen LogP contribution in [0.15, 0.2) is 18.2 Å². The molecule has 0 spiro atoms. The van der Waals surface area contributed by atoms with Crippen LogP contribution in [0, 0.1) is 0 Å². The van der Waals surface area contributed by atoms with Crippen molar-refractivity contribution in [2.24, 2.45) is 0 Å². The first-order valence-corrected chi connectivity index (χ1v) is 5.76. The third-order valence-electron chi connectivity index (χ3n) is 2.90. The van der Waals surface area contributed by atoms with E-state index in [1.165, 1.54) is 0 Å². The molecule has 1 aromatic carbocycles. The molecular formula is C13H21NO4. The van der Waals surface area contributed by atoms with Crippen LogP contribution in [0.1, 0.15) is 12.5 Å². The van der Waals surface area contributed by atoms with Gasteiger partial charge in [0.2, 0.25) is 0 Å². The maximum atomic E-state index is 9.20. The van der Waals surface area contributed by atoms with E-state index in [4.69, 9.17) is 9.47 Å². The van der Waals surface area contributed by atoms with Crippen LogP contribution in [0.4, 0.5) is 0 Å². The van der Waals surface area contributed by atoms with Gasteiger partial charge in [-0.1, -0.05) is 6.07 Å². The number of hydrogen-bond donors (Lipinski definition) is 3. The van der Waals surface area contributed by atoms with Gasteiger partial charge in [-0.25, -0.2) is 0 Å². The number of hydrogen-bond acceptors (Lipinski definition) is 5. The predicted octanol–water partition coefficient (Wildman–Crippen LogP) is 0.537. The van der Waals surface area contributed by atoms with Crippen LogP contribution in [0.5, 0.6) is 11.5 Å². The lowest BCUT2D eigenvalue weighted by Gasteiger charge is -2.26. The zero-order valence-corrected chi connectivity index (χ0v) is 11.1. The lowest BCUT2D eigenvalue weighted by atomic mass is 10.0. The van der Waals surface area contributed by atoms with Gasteiger partial charge in [0, 0.05) is 18.2 Å². The highest BCUT2D eigenvalue weighted by Crippen LogP contribution is 2.24. The minimum absolute atomic E-state index is 0.137. The molecule has 0 bridgehead atoms. The second kappa shape index (κ2) is 6.58. The molecule has 1 aromatic rings. The van der Waals surface area contributed by atoms with E-state index in [1.807, 2.05) is 12.1 Å². The Kier molecular flexibility index (Phi) is 5.40. The highest BCUT2D eigenvalue weighted by atomic mass is 16.5. The maximum absolute atomic E-state index is 9.20. The topological polar surface area (TPSA) is 71.0 Å². The van der Waals surface area contributed by atoms with Gasteiger partial charge in [0.05, 0.1) is 33.0 Å². The largest absolute Gasteiger partial charge is 0.497 e. The van der Waals surface area contributed by atoms with Crippen molar-refractivity contribution in [3.63, 3.8) is 0 Å². The Morgan fingerprint density at radius 2 is 1.83 bits per heavy atom. The number of ether oxygens (including phenoxy) is 2. The van der Waals surface area contributed by atoms with E-state index < -0.39 is 5.54 Å². The van der Waals surface area contributed by atoms with E-state index in [0.29, 0.717) is 12.3 Å². The van der Waals surface area contributed by atoms with Gasteiger partial charge in [-0.05, 0) is 13.0 Å². The molecule has 0 fully saturated rings. The van der Waals surface area contributed by atoms with E-state index in [-0.39, 0.29) is 13.2 Å². The van der Waals surface area contributed by atoms with Crippen LogP contribution >= 0.6 is 0 Å². The predicted molar refractivity (Wildman–Crippen MR) is 69.0 cm³/mol. The molecule has 0 heterocycles. The van der Waals surface area contributed by atoms with Crippen LogP contribution in [0.3, 0.4) is 0 Å². The summed E-state index contributed by atoms with van der Waals surface area (Å²) in [7, 11) is 3.19.